The molecule has 0 radical (unpaired) electrons. The molecule has 0 saturated heterocycles. The largest absolute Gasteiger partial charge is 0.507 e. The van der Waals surface area contributed by atoms with Gasteiger partial charge in [0.25, 0.3) is 0 Å². The number of carbonyl (C=O) groups excluding carboxylic acids is 2. The lowest BCUT2D eigenvalue weighted by molar-refractivity contribution is -0.0651. The van der Waals surface area contributed by atoms with Crippen LogP contribution in [-0.4, -0.2) is 45.7 Å². The molecule has 2 atom stereocenters. The van der Waals surface area contributed by atoms with Crippen LogP contribution in [0.2, 0.25) is 0 Å². The number of aliphatic hydroxyl groups excluding tert-OH is 1. The van der Waals surface area contributed by atoms with E-state index >= 15 is 0 Å². The molecular formula is C18H20O6. The number of Topliss-reactive ketones (excluding diaryl/α,β-unsaturated/α-hetero) is 2. The summed E-state index contributed by atoms with van der Waals surface area (Å²) >= 11 is 0. The van der Waals surface area contributed by atoms with Gasteiger partial charge in [0.15, 0.2) is 11.6 Å². The highest BCUT2D eigenvalue weighted by atomic mass is 16.5. The van der Waals surface area contributed by atoms with Crippen molar-refractivity contribution in [1.29, 1.82) is 0 Å². The fourth-order valence-corrected chi connectivity index (χ4v) is 3.50. The molecule has 0 heterocycles. The first-order valence-corrected chi connectivity index (χ1v) is 7.87. The van der Waals surface area contributed by atoms with E-state index in [2.05, 4.69) is 0 Å². The molecule has 2 aliphatic rings. The summed E-state index contributed by atoms with van der Waals surface area (Å²) in [5, 5.41) is 30.8. The summed E-state index contributed by atoms with van der Waals surface area (Å²) in [4.78, 5) is 25.7. The maximum absolute atomic E-state index is 12.8. The second-order valence-electron chi connectivity index (χ2n) is 6.55. The molecule has 0 saturated carbocycles. The van der Waals surface area contributed by atoms with Crippen molar-refractivity contribution in [1.82, 2.24) is 0 Å². The SMILES string of the molecule is CCc1c(OC)cc2c(c1O)C(=O)C1=C(C[C@](C)(O)[C@H](O)C1)C2=O. The number of aromatic hydroxyl groups is 1. The Labute approximate surface area is 139 Å². The first kappa shape index (κ1) is 16.7. The first-order valence-electron chi connectivity index (χ1n) is 7.87. The predicted octanol–water partition coefficient (Wildman–Crippen LogP) is 1.54. The normalized spacial score (nSPS) is 26.3. The number of benzene rings is 1. The summed E-state index contributed by atoms with van der Waals surface area (Å²) in [6.45, 7) is 3.25. The van der Waals surface area contributed by atoms with E-state index in [0.717, 1.165) is 0 Å². The molecule has 2 aliphatic carbocycles. The lowest BCUT2D eigenvalue weighted by Gasteiger charge is -2.37. The molecule has 0 amide bonds. The summed E-state index contributed by atoms with van der Waals surface area (Å²) in [5.41, 5.74) is -0.586. The van der Waals surface area contributed by atoms with Crippen molar-refractivity contribution < 1.29 is 29.6 Å². The summed E-state index contributed by atoms with van der Waals surface area (Å²) in [7, 11) is 1.43. The summed E-state index contributed by atoms with van der Waals surface area (Å²) in [5.74, 6) is -0.780. The lowest BCUT2D eigenvalue weighted by atomic mass is 9.71. The summed E-state index contributed by atoms with van der Waals surface area (Å²) in [6.07, 6.45) is -0.918. The summed E-state index contributed by atoms with van der Waals surface area (Å²) < 4.78 is 5.23. The fourth-order valence-electron chi connectivity index (χ4n) is 3.50. The molecule has 0 unspecified atom stereocenters. The van der Waals surface area contributed by atoms with Gasteiger partial charge in [-0.1, -0.05) is 6.92 Å². The van der Waals surface area contributed by atoms with Gasteiger partial charge in [-0.3, -0.25) is 9.59 Å². The second-order valence-corrected chi connectivity index (χ2v) is 6.55. The van der Waals surface area contributed by atoms with Gasteiger partial charge < -0.3 is 20.1 Å². The molecule has 0 aliphatic heterocycles. The van der Waals surface area contributed by atoms with E-state index in [1.165, 1.54) is 20.1 Å². The zero-order valence-electron chi connectivity index (χ0n) is 13.8. The first-order chi connectivity index (χ1) is 11.2. The molecular weight excluding hydrogens is 312 g/mol. The van der Waals surface area contributed by atoms with Crippen molar-refractivity contribution in [2.75, 3.05) is 7.11 Å². The van der Waals surface area contributed by atoms with Crippen LogP contribution in [0.3, 0.4) is 0 Å². The number of methoxy groups -OCH3 is 1. The lowest BCUT2D eigenvalue weighted by Crippen LogP contribution is -2.46. The van der Waals surface area contributed by atoms with Gasteiger partial charge in [0.2, 0.25) is 0 Å². The molecule has 1 aromatic rings. The van der Waals surface area contributed by atoms with Crippen LogP contribution >= 0.6 is 0 Å². The molecule has 6 nitrogen and oxygen atoms in total. The Kier molecular flexibility index (Phi) is 3.77. The van der Waals surface area contributed by atoms with Gasteiger partial charge in [0, 0.05) is 35.1 Å². The van der Waals surface area contributed by atoms with Crippen molar-refractivity contribution in [3.8, 4) is 11.5 Å². The topological polar surface area (TPSA) is 104 Å². The molecule has 6 heteroatoms. The minimum atomic E-state index is -1.47. The van der Waals surface area contributed by atoms with Crippen LogP contribution in [0.15, 0.2) is 17.2 Å². The van der Waals surface area contributed by atoms with Crippen molar-refractivity contribution >= 4 is 11.6 Å². The number of phenolic OH excluding ortho intramolecular Hbond substituents is 1. The van der Waals surface area contributed by atoms with Crippen LogP contribution in [0.5, 0.6) is 11.5 Å². The molecule has 128 valence electrons. The number of fused-ring (bicyclic) bond motifs is 1. The average Bonchev–Trinajstić information content (AvgIpc) is 2.53. The highest BCUT2D eigenvalue weighted by molar-refractivity contribution is 6.28. The van der Waals surface area contributed by atoms with Gasteiger partial charge in [0.05, 0.1) is 24.4 Å². The standard InChI is InChI=1S/C18H20O6/c1-4-8-12(24-3)5-10-14(16(8)21)17(22)9-6-13(19)18(2,23)7-11(9)15(10)20/h5,13,19,21,23H,4,6-7H2,1-3H3/t13-,18+/m1/s1. The van der Waals surface area contributed by atoms with Crippen LogP contribution in [-0.2, 0) is 6.42 Å². The van der Waals surface area contributed by atoms with E-state index in [4.69, 9.17) is 4.74 Å². The van der Waals surface area contributed by atoms with E-state index in [-0.39, 0.29) is 40.9 Å². The zero-order valence-corrected chi connectivity index (χ0v) is 13.8. The van der Waals surface area contributed by atoms with E-state index in [1.54, 1.807) is 0 Å². The number of rotatable bonds is 2. The van der Waals surface area contributed by atoms with Crippen LogP contribution in [0.25, 0.3) is 0 Å². The van der Waals surface area contributed by atoms with Crippen molar-refractivity contribution in [2.45, 2.75) is 44.8 Å². The molecule has 0 bridgehead atoms. The fraction of sp³-hybridized carbons (Fsp3) is 0.444. The third-order valence-corrected chi connectivity index (χ3v) is 4.97. The van der Waals surface area contributed by atoms with Crippen molar-refractivity contribution in [3.63, 3.8) is 0 Å². The summed E-state index contributed by atoms with van der Waals surface area (Å²) in [6, 6.07) is 1.47. The molecule has 1 aromatic carbocycles. The van der Waals surface area contributed by atoms with Crippen molar-refractivity contribution in [3.05, 3.63) is 33.9 Å². The Morgan fingerprint density at radius 3 is 2.54 bits per heavy atom. The van der Waals surface area contributed by atoms with Gasteiger partial charge in [0.1, 0.15) is 11.5 Å². The number of ketones is 2. The van der Waals surface area contributed by atoms with Crippen LogP contribution in [0, 0.1) is 0 Å². The van der Waals surface area contributed by atoms with E-state index in [0.29, 0.717) is 17.7 Å². The third-order valence-electron chi connectivity index (χ3n) is 4.97. The Hall–Kier alpha value is -2.18. The Bertz CT molecular complexity index is 787. The zero-order chi connectivity index (χ0) is 17.8. The van der Waals surface area contributed by atoms with Gasteiger partial charge in [-0.05, 0) is 19.4 Å². The molecule has 0 fully saturated rings. The monoisotopic (exact) mass is 332 g/mol. The van der Waals surface area contributed by atoms with Crippen LogP contribution in [0.1, 0.15) is 53.0 Å². The second kappa shape index (κ2) is 5.43. The maximum Gasteiger partial charge on any atom is 0.194 e. The number of aliphatic hydroxyl groups is 2. The number of phenols is 1. The quantitative estimate of drug-likeness (QED) is 0.759. The molecule has 3 rings (SSSR count). The van der Waals surface area contributed by atoms with E-state index < -0.39 is 23.3 Å². The Morgan fingerprint density at radius 2 is 1.96 bits per heavy atom. The minimum absolute atomic E-state index is 0.0369. The van der Waals surface area contributed by atoms with Gasteiger partial charge >= 0.3 is 0 Å². The van der Waals surface area contributed by atoms with E-state index in [1.807, 2.05) is 6.92 Å². The maximum atomic E-state index is 12.8. The number of hydrogen-bond acceptors (Lipinski definition) is 6. The van der Waals surface area contributed by atoms with Crippen LogP contribution in [0.4, 0.5) is 0 Å². The molecule has 0 spiro atoms. The third kappa shape index (κ3) is 2.17. The van der Waals surface area contributed by atoms with Gasteiger partial charge in [-0.2, -0.15) is 0 Å². The van der Waals surface area contributed by atoms with E-state index in [9.17, 15) is 24.9 Å². The highest BCUT2D eigenvalue weighted by Crippen LogP contribution is 2.44. The molecule has 0 aromatic heterocycles. The predicted molar refractivity (Wildman–Crippen MR) is 85.6 cm³/mol. The smallest absolute Gasteiger partial charge is 0.194 e. The molecule has 24 heavy (non-hydrogen) atoms. The molecule has 3 N–H and O–H groups in total. The number of ether oxygens (including phenoxy) is 1. The van der Waals surface area contributed by atoms with Gasteiger partial charge in [-0.25, -0.2) is 0 Å². The minimum Gasteiger partial charge on any atom is -0.507 e. The Balaban J connectivity index is 2.23. The van der Waals surface area contributed by atoms with Crippen molar-refractivity contribution in [2.24, 2.45) is 0 Å². The average molecular weight is 332 g/mol. The van der Waals surface area contributed by atoms with Gasteiger partial charge in [-0.15, -0.1) is 0 Å². The number of hydrogen-bond donors (Lipinski definition) is 3. The number of carbonyl (C=O) groups is 2. The highest BCUT2D eigenvalue weighted by Gasteiger charge is 2.45. The Morgan fingerprint density at radius 1 is 1.29 bits per heavy atom. The van der Waals surface area contributed by atoms with Crippen LogP contribution < -0.4 is 4.74 Å².